The third-order valence-corrected chi connectivity index (χ3v) is 7.74. The summed E-state index contributed by atoms with van der Waals surface area (Å²) in [5, 5.41) is 8.79. The Morgan fingerprint density at radius 3 is 2.74 bits per heavy atom. The van der Waals surface area contributed by atoms with E-state index in [0.717, 1.165) is 16.2 Å². The number of sulfone groups is 1. The molecule has 2 heterocycles. The zero-order valence-electron chi connectivity index (χ0n) is 10.1. The van der Waals surface area contributed by atoms with Crippen molar-refractivity contribution in [1.82, 2.24) is 4.72 Å². The number of hydrogen-bond donors (Lipinski definition) is 2. The maximum absolute atomic E-state index is 12.1. The van der Waals surface area contributed by atoms with Gasteiger partial charge in [-0.3, -0.25) is 0 Å². The lowest BCUT2D eigenvalue weighted by Crippen LogP contribution is -2.35. The molecular formula is C10H15NO5S3. The minimum absolute atomic E-state index is 0.0282. The molecule has 1 unspecified atom stereocenters. The zero-order chi connectivity index (χ0) is 14.1. The van der Waals surface area contributed by atoms with Gasteiger partial charge in [-0.25, -0.2) is 21.6 Å². The SMILES string of the molecule is O=S1(=O)CCC(NS(=O)(=O)c2ccc(CCO)s2)C1. The van der Waals surface area contributed by atoms with Crippen LogP contribution in [0.15, 0.2) is 16.3 Å². The van der Waals surface area contributed by atoms with Gasteiger partial charge in [0, 0.05) is 23.9 Å². The minimum atomic E-state index is -3.67. The van der Waals surface area contributed by atoms with Gasteiger partial charge in [-0.15, -0.1) is 11.3 Å². The molecule has 2 N–H and O–H groups in total. The summed E-state index contributed by atoms with van der Waals surface area (Å²) < 4.78 is 49.3. The maximum Gasteiger partial charge on any atom is 0.250 e. The van der Waals surface area contributed by atoms with E-state index >= 15 is 0 Å². The Kier molecular flexibility index (Phi) is 4.31. The van der Waals surface area contributed by atoms with E-state index in [1.54, 1.807) is 6.07 Å². The quantitative estimate of drug-likeness (QED) is 0.777. The Morgan fingerprint density at radius 1 is 1.42 bits per heavy atom. The Bertz CT molecular complexity index is 646. The third-order valence-electron chi connectivity index (χ3n) is 2.81. The largest absolute Gasteiger partial charge is 0.396 e. The Hall–Kier alpha value is -0.480. The zero-order valence-corrected chi connectivity index (χ0v) is 12.5. The van der Waals surface area contributed by atoms with Crippen molar-refractivity contribution >= 4 is 31.2 Å². The van der Waals surface area contributed by atoms with Crippen LogP contribution in [0.3, 0.4) is 0 Å². The molecular weight excluding hydrogens is 310 g/mol. The van der Waals surface area contributed by atoms with Crippen molar-refractivity contribution in [1.29, 1.82) is 0 Å². The molecule has 0 radical (unpaired) electrons. The molecule has 19 heavy (non-hydrogen) atoms. The van der Waals surface area contributed by atoms with E-state index in [-0.39, 0.29) is 22.3 Å². The first-order chi connectivity index (χ1) is 8.82. The molecule has 9 heteroatoms. The molecule has 0 saturated carbocycles. The molecule has 0 amide bonds. The lowest BCUT2D eigenvalue weighted by molar-refractivity contribution is 0.300. The standard InChI is InChI=1S/C10H15NO5S3/c12-5-3-9-1-2-10(17-9)19(15,16)11-8-4-6-18(13,14)7-8/h1-2,8,11-12H,3-7H2. The highest BCUT2D eigenvalue weighted by atomic mass is 32.2. The molecule has 108 valence electrons. The third kappa shape index (κ3) is 3.76. The van der Waals surface area contributed by atoms with E-state index in [9.17, 15) is 16.8 Å². The van der Waals surface area contributed by atoms with Crippen LogP contribution in [0, 0.1) is 0 Å². The molecule has 1 aromatic rings. The summed E-state index contributed by atoms with van der Waals surface area (Å²) in [6.07, 6.45) is 0.731. The van der Waals surface area contributed by atoms with Crippen LogP contribution < -0.4 is 4.72 Å². The highest BCUT2D eigenvalue weighted by Gasteiger charge is 2.31. The van der Waals surface area contributed by atoms with Crippen molar-refractivity contribution in [2.75, 3.05) is 18.1 Å². The van der Waals surface area contributed by atoms with Gasteiger partial charge in [0.05, 0.1) is 11.5 Å². The monoisotopic (exact) mass is 325 g/mol. The van der Waals surface area contributed by atoms with Crippen molar-refractivity contribution in [2.24, 2.45) is 0 Å². The first-order valence-corrected chi connectivity index (χ1v) is 9.87. The van der Waals surface area contributed by atoms with Gasteiger partial charge in [0.15, 0.2) is 9.84 Å². The van der Waals surface area contributed by atoms with Crippen LogP contribution in [0.1, 0.15) is 11.3 Å². The molecule has 1 aliphatic rings. The molecule has 1 saturated heterocycles. The van der Waals surface area contributed by atoms with E-state index in [2.05, 4.69) is 4.72 Å². The summed E-state index contributed by atoms with van der Waals surface area (Å²) in [4.78, 5) is 0.780. The number of sulfonamides is 1. The molecule has 0 aromatic carbocycles. The summed E-state index contributed by atoms with van der Waals surface area (Å²) in [5.41, 5.74) is 0. The minimum Gasteiger partial charge on any atom is -0.396 e. The molecule has 0 spiro atoms. The van der Waals surface area contributed by atoms with E-state index in [1.807, 2.05) is 0 Å². The van der Waals surface area contributed by atoms with Crippen LogP contribution >= 0.6 is 11.3 Å². The van der Waals surface area contributed by atoms with Gasteiger partial charge in [-0.2, -0.15) is 0 Å². The van der Waals surface area contributed by atoms with E-state index in [0.29, 0.717) is 12.8 Å². The molecule has 1 aliphatic heterocycles. The first kappa shape index (κ1) is 14.9. The summed E-state index contributed by atoms with van der Waals surface area (Å²) >= 11 is 1.09. The van der Waals surface area contributed by atoms with Gasteiger partial charge in [0.1, 0.15) is 4.21 Å². The topological polar surface area (TPSA) is 101 Å². The summed E-state index contributed by atoms with van der Waals surface area (Å²) in [6, 6.07) is 2.58. The molecule has 0 aliphatic carbocycles. The van der Waals surface area contributed by atoms with Crippen LogP contribution in [0.5, 0.6) is 0 Å². The van der Waals surface area contributed by atoms with Gasteiger partial charge in [-0.1, -0.05) is 0 Å². The van der Waals surface area contributed by atoms with Gasteiger partial charge in [0.25, 0.3) is 0 Å². The maximum atomic E-state index is 12.1. The van der Waals surface area contributed by atoms with Crippen LogP contribution in [-0.4, -0.2) is 46.1 Å². The van der Waals surface area contributed by atoms with Crippen molar-refractivity contribution in [3.8, 4) is 0 Å². The van der Waals surface area contributed by atoms with E-state index in [4.69, 9.17) is 5.11 Å². The van der Waals surface area contributed by atoms with Gasteiger partial charge >= 0.3 is 0 Å². The fourth-order valence-electron chi connectivity index (χ4n) is 1.91. The number of aliphatic hydroxyl groups is 1. The van der Waals surface area contributed by atoms with Gasteiger partial charge < -0.3 is 5.11 Å². The highest BCUT2D eigenvalue weighted by molar-refractivity contribution is 7.92. The molecule has 6 nitrogen and oxygen atoms in total. The first-order valence-electron chi connectivity index (χ1n) is 5.75. The number of nitrogens with one attached hydrogen (secondary N) is 1. The van der Waals surface area contributed by atoms with Crippen molar-refractivity contribution < 1.29 is 21.9 Å². The summed E-state index contributed by atoms with van der Waals surface area (Å²) in [6.45, 7) is -0.0334. The number of rotatable bonds is 5. The number of thiophene rings is 1. The van der Waals surface area contributed by atoms with Crippen molar-refractivity contribution in [3.05, 3.63) is 17.0 Å². The van der Waals surface area contributed by atoms with Crippen LogP contribution in [-0.2, 0) is 26.3 Å². The van der Waals surface area contributed by atoms with Crippen molar-refractivity contribution in [2.45, 2.75) is 23.1 Å². The lowest BCUT2D eigenvalue weighted by Gasteiger charge is -2.09. The molecule has 1 atom stereocenters. The van der Waals surface area contributed by atoms with Crippen molar-refractivity contribution in [3.63, 3.8) is 0 Å². The number of aliphatic hydroxyl groups excluding tert-OH is 1. The fourth-order valence-corrected chi connectivity index (χ4v) is 6.32. The second kappa shape index (κ2) is 5.49. The Balaban J connectivity index is 2.10. The van der Waals surface area contributed by atoms with Crippen LogP contribution in [0.4, 0.5) is 0 Å². The molecule has 1 aromatic heterocycles. The summed E-state index contributed by atoms with van der Waals surface area (Å²) in [7, 11) is -6.78. The highest BCUT2D eigenvalue weighted by Crippen LogP contribution is 2.23. The van der Waals surface area contributed by atoms with Crippen LogP contribution in [0.25, 0.3) is 0 Å². The van der Waals surface area contributed by atoms with Crippen LogP contribution in [0.2, 0.25) is 0 Å². The van der Waals surface area contributed by atoms with E-state index < -0.39 is 25.9 Å². The second-order valence-electron chi connectivity index (χ2n) is 4.42. The fraction of sp³-hybridized carbons (Fsp3) is 0.600. The lowest BCUT2D eigenvalue weighted by atomic mass is 10.3. The average molecular weight is 325 g/mol. The Morgan fingerprint density at radius 2 is 2.16 bits per heavy atom. The predicted molar refractivity (Wildman–Crippen MR) is 72.5 cm³/mol. The molecule has 2 rings (SSSR count). The average Bonchev–Trinajstić information content (AvgIpc) is 2.86. The predicted octanol–water partition coefficient (Wildman–Crippen LogP) is -0.252. The summed E-state index contributed by atoms with van der Waals surface area (Å²) in [5.74, 6) is -0.110. The second-order valence-corrected chi connectivity index (χ2v) is 9.75. The normalized spacial score (nSPS) is 22.7. The Labute approximate surface area is 116 Å². The molecule has 1 fully saturated rings. The van der Waals surface area contributed by atoms with E-state index in [1.165, 1.54) is 6.07 Å². The van der Waals surface area contributed by atoms with Gasteiger partial charge in [0.2, 0.25) is 10.0 Å². The number of hydrogen-bond acceptors (Lipinski definition) is 6. The molecule has 0 bridgehead atoms. The van der Waals surface area contributed by atoms with Gasteiger partial charge in [-0.05, 0) is 18.6 Å². The smallest absolute Gasteiger partial charge is 0.250 e.